The van der Waals surface area contributed by atoms with E-state index in [4.69, 9.17) is 4.74 Å². The minimum Gasteiger partial charge on any atom is -0.393 e. The quantitative estimate of drug-likeness (QED) is 0.569. The number of carbonyl (C=O) groups excluding carboxylic acids is 1. The van der Waals surface area contributed by atoms with Crippen LogP contribution in [0.3, 0.4) is 0 Å². The first-order valence-corrected chi connectivity index (χ1v) is 14.1. The molecule has 6 aliphatic rings. The van der Waals surface area contributed by atoms with Crippen molar-refractivity contribution in [2.45, 2.75) is 110 Å². The van der Waals surface area contributed by atoms with Crippen LogP contribution in [-0.4, -0.2) is 40.4 Å². The molecule has 0 aromatic rings. The van der Waals surface area contributed by atoms with Crippen molar-refractivity contribution in [3.05, 3.63) is 0 Å². The highest BCUT2D eigenvalue weighted by atomic mass is 16.6. The summed E-state index contributed by atoms with van der Waals surface area (Å²) in [5.74, 6) is 5.04. The Morgan fingerprint density at radius 1 is 1.12 bits per heavy atom. The standard InChI is InChI=1S/C29H46O4/c1-16-11-21(16)17(2)12-26(32)29(15-33-29)24-8-7-22-20-6-5-18-13-19(30)9-10-27(18,3)23(20)14-25(31)28(22,24)4/h16-18,20-26,31-32H,5-15H2,1-4H3/t16-,17-,18+,20+,21-,22+,23+,24+,25-,26-,27+,28+,29+/m1/s1. The van der Waals surface area contributed by atoms with Crippen LogP contribution in [-0.2, 0) is 9.53 Å². The van der Waals surface area contributed by atoms with Gasteiger partial charge in [-0.25, -0.2) is 0 Å². The molecule has 0 unspecified atom stereocenters. The number of carbonyl (C=O) groups is 1. The maximum atomic E-state index is 12.2. The van der Waals surface area contributed by atoms with Crippen LogP contribution in [0.15, 0.2) is 0 Å². The Kier molecular flexibility index (Phi) is 5.24. The van der Waals surface area contributed by atoms with E-state index in [9.17, 15) is 15.0 Å². The maximum Gasteiger partial charge on any atom is 0.133 e. The fourth-order valence-corrected chi connectivity index (χ4v) is 10.4. The van der Waals surface area contributed by atoms with Crippen LogP contribution in [0.25, 0.3) is 0 Å². The number of Topliss-reactive ketones (excluding diaryl/α,β-unsaturated/α-hetero) is 1. The molecule has 0 radical (unpaired) electrons. The SMILES string of the molecule is C[C@@H]1C[C@H]1[C@H](C)C[C@@H](O)[C@@]1([C@H]2CC[C@H]3[C@@H]4CC[C@H]5CC(=O)CC[C@]5(C)[C@H]4C[C@@H](O)[C@]23C)CO1. The van der Waals surface area contributed by atoms with E-state index in [-0.39, 0.29) is 22.9 Å². The van der Waals surface area contributed by atoms with Gasteiger partial charge in [-0.1, -0.05) is 27.7 Å². The Labute approximate surface area is 200 Å². The number of ether oxygens (including phenoxy) is 1. The van der Waals surface area contributed by atoms with E-state index in [1.54, 1.807) is 0 Å². The Morgan fingerprint density at radius 3 is 2.52 bits per heavy atom. The first kappa shape index (κ1) is 23.0. The molecular weight excluding hydrogens is 412 g/mol. The first-order chi connectivity index (χ1) is 15.6. The minimum atomic E-state index is -0.429. The Hall–Kier alpha value is -0.450. The van der Waals surface area contributed by atoms with Gasteiger partial charge in [-0.05, 0) is 98.2 Å². The lowest BCUT2D eigenvalue weighted by molar-refractivity contribution is -0.176. The third kappa shape index (κ3) is 3.22. The van der Waals surface area contributed by atoms with Gasteiger partial charge in [0.25, 0.3) is 0 Å². The van der Waals surface area contributed by atoms with Crippen molar-refractivity contribution in [2.75, 3.05) is 6.61 Å². The summed E-state index contributed by atoms with van der Waals surface area (Å²) in [4.78, 5) is 12.2. The molecule has 6 rings (SSSR count). The predicted molar refractivity (Wildman–Crippen MR) is 127 cm³/mol. The Morgan fingerprint density at radius 2 is 1.85 bits per heavy atom. The molecule has 5 saturated carbocycles. The van der Waals surface area contributed by atoms with Crippen molar-refractivity contribution in [1.29, 1.82) is 0 Å². The fraction of sp³-hybridized carbons (Fsp3) is 0.966. The molecule has 5 aliphatic carbocycles. The molecule has 2 N–H and O–H groups in total. The Bertz CT molecular complexity index is 805. The van der Waals surface area contributed by atoms with Gasteiger partial charge < -0.3 is 14.9 Å². The normalized spacial score (nSPS) is 57.0. The second-order valence-corrected chi connectivity index (χ2v) is 14.0. The molecule has 1 aliphatic heterocycles. The van der Waals surface area contributed by atoms with Gasteiger partial charge in [0, 0.05) is 24.2 Å². The van der Waals surface area contributed by atoms with E-state index in [0.717, 1.165) is 56.8 Å². The fourth-order valence-electron chi connectivity index (χ4n) is 10.4. The zero-order valence-electron chi connectivity index (χ0n) is 21.3. The van der Waals surface area contributed by atoms with Crippen molar-refractivity contribution in [3.63, 3.8) is 0 Å². The molecule has 0 bridgehead atoms. The third-order valence-corrected chi connectivity index (χ3v) is 12.7. The van der Waals surface area contributed by atoms with Crippen LogP contribution in [0.2, 0.25) is 0 Å². The molecule has 4 heteroatoms. The Balaban J connectivity index is 1.24. The van der Waals surface area contributed by atoms with Crippen molar-refractivity contribution >= 4 is 5.78 Å². The van der Waals surface area contributed by atoms with Gasteiger partial charge in [0.1, 0.15) is 11.4 Å². The second kappa shape index (κ2) is 7.53. The topological polar surface area (TPSA) is 70.1 Å². The molecule has 4 nitrogen and oxygen atoms in total. The van der Waals surface area contributed by atoms with Crippen LogP contribution >= 0.6 is 0 Å². The lowest BCUT2D eigenvalue weighted by Crippen LogP contribution is -2.60. The highest BCUT2D eigenvalue weighted by molar-refractivity contribution is 5.79. The number of aliphatic hydroxyl groups is 2. The highest BCUT2D eigenvalue weighted by Crippen LogP contribution is 2.70. The van der Waals surface area contributed by atoms with Crippen molar-refractivity contribution < 1.29 is 19.7 Å². The van der Waals surface area contributed by atoms with E-state index in [0.29, 0.717) is 42.0 Å². The first-order valence-electron chi connectivity index (χ1n) is 14.1. The molecular formula is C29H46O4. The number of hydrogen-bond donors (Lipinski definition) is 2. The molecule has 186 valence electrons. The maximum absolute atomic E-state index is 12.2. The average Bonchev–Trinajstić information content (AvgIpc) is 3.68. The van der Waals surface area contributed by atoms with Crippen LogP contribution in [0.4, 0.5) is 0 Å². The molecule has 1 saturated heterocycles. The van der Waals surface area contributed by atoms with Gasteiger partial charge >= 0.3 is 0 Å². The summed E-state index contributed by atoms with van der Waals surface area (Å²) in [5, 5.41) is 23.2. The summed E-state index contributed by atoms with van der Waals surface area (Å²) in [7, 11) is 0. The lowest BCUT2D eigenvalue weighted by atomic mass is 9.43. The second-order valence-electron chi connectivity index (χ2n) is 14.0. The van der Waals surface area contributed by atoms with Gasteiger partial charge in [-0.3, -0.25) is 4.79 Å². The summed E-state index contributed by atoms with van der Waals surface area (Å²) in [6, 6.07) is 0. The molecule has 0 aromatic heterocycles. The van der Waals surface area contributed by atoms with E-state index >= 15 is 0 Å². The molecule has 33 heavy (non-hydrogen) atoms. The monoisotopic (exact) mass is 458 g/mol. The zero-order chi connectivity index (χ0) is 23.3. The van der Waals surface area contributed by atoms with Gasteiger partial charge in [0.2, 0.25) is 0 Å². The van der Waals surface area contributed by atoms with Gasteiger partial charge in [0.05, 0.1) is 18.8 Å². The van der Waals surface area contributed by atoms with E-state index < -0.39 is 11.7 Å². The van der Waals surface area contributed by atoms with Gasteiger partial charge in [-0.2, -0.15) is 0 Å². The summed E-state index contributed by atoms with van der Waals surface area (Å²) < 4.78 is 6.19. The predicted octanol–water partition coefficient (Wildman–Crippen LogP) is 5.00. The molecule has 0 amide bonds. The van der Waals surface area contributed by atoms with E-state index in [2.05, 4.69) is 27.7 Å². The summed E-state index contributed by atoms with van der Waals surface area (Å²) in [6.07, 6.45) is 9.40. The number of ketones is 1. The summed E-state index contributed by atoms with van der Waals surface area (Å²) >= 11 is 0. The molecule has 0 aromatic carbocycles. The van der Waals surface area contributed by atoms with Crippen molar-refractivity contribution in [1.82, 2.24) is 0 Å². The number of rotatable bonds is 5. The van der Waals surface area contributed by atoms with Gasteiger partial charge in [-0.15, -0.1) is 0 Å². The minimum absolute atomic E-state index is 0.164. The summed E-state index contributed by atoms with van der Waals surface area (Å²) in [6.45, 7) is 10.1. The molecule has 13 atom stereocenters. The van der Waals surface area contributed by atoms with Crippen LogP contribution in [0.5, 0.6) is 0 Å². The van der Waals surface area contributed by atoms with Crippen LogP contribution < -0.4 is 0 Å². The average molecular weight is 459 g/mol. The smallest absolute Gasteiger partial charge is 0.133 e. The number of epoxide rings is 1. The zero-order valence-corrected chi connectivity index (χ0v) is 21.3. The number of aliphatic hydroxyl groups excluding tert-OH is 2. The highest BCUT2D eigenvalue weighted by Gasteiger charge is 2.71. The number of fused-ring (bicyclic) bond motifs is 5. The molecule has 0 spiro atoms. The molecule has 6 fully saturated rings. The van der Waals surface area contributed by atoms with Crippen LogP contribution in [0.1, 0.15) is 91.9 Å². The lowest BCUT2D eigenvalue weighted by Gasteiger charge is -2.62. The van der Waals surface area contributed by atoms with Crippen molar-refractivity contribution in [3.8, 4) is 0 Å². The number of hydrogen-bond acceptors (Lipinski definition) is 4. The van der Waals surface area contributed by atoms with Gasteiger partial charge in [0.15, 0.2) is 0 Å². The third-order valence-electron chi connectivity index (χ3n) is 12.7. The molecule has 1 heterocycles. The van der Waals surface area contributed by atoms with Crippen molar-refractivity contribution in [2.24, 2.45) is 58.2 Å². The van der Waals surface area contributed by atoms with E-state index in [1.807, 2.05) is 0 Å². The largest absolute Gasteiger partial charge is 0.393 e. The van der Waals surface area contributed by atoms with Crippen LogP contribution in [0, 0.1) is 58.2 Å². The van der Waals surface area contributed by atoms with E-state index in [1.165, 1.54) is 19.3 Å². The summed E-state index contributed by atoms with van der Waals surface area (Å²) in [5.41, 5.74) is -0.384.